The summed E-state index contributed by atoms with van der Waals surface area (Å²) in [6.45, 7) is 8.41. The molecule has 3 nitrogen and oxygen atoms in total. The number of hydrogen-bond donors (Lipinski definition) is 1. The fraction of sp³-hybridized carbons (Fsp3) is 0.462. The third kappa shape index (κ3) is 2.03. The molecule has 1 amide bonds. The Labute approximate surface area is 96.2 Å². The van der Waals surface area contributed by atoms with E-state index in [4.69, 9.17) is 0 Å². The lowest BCUT2D eigenvalue weighted by Crippen LogP contribution is -2.28. The number of carbonyl (C=O) groups excluding carboxylic acids is 1. The molecule has 1 heterocycles. The first-order chi connectivity index (χ1) is 7.63. The minimum atomic E-state index is 0.0509. The number of aryl methyl sites for hydroxylation is 2. The first kappa shape index (κ1) is 11.0. The predicted octanol–water partition coefficient (Wildman–Crippen LogP) is 2.18. The van der Waals surface area contributed by atoms with Crippen LogP contribution in [-0.4, -0.2) is 16.5 Å². The van der Waals surface area contributed by atoms with Gasteiger partial charge in [0.25, 0.3) is 5.91 Å². The maximum atomic E-state index is 12.1. The van der Waals surface area contributed by atoms with Gasteiger partial charge in [0.1, 0.15) is 5.69 Å². The molecule has 16 heavy (non-hydrogen) atoms. The topological polar surface area (TPSA) is 34.0 Å². The lowest BCUT2D eigenvalue weighted by Gasteiger charge is -2.10. The van der Waals surface area contributed by atoms with Crippen LogP contribution in [0.5, 0.6) is 0 Å². The van der Waals surface area contributed by atoms with Gasteiger partial charge in [-0.15, -0.1) is 6.58 Å². The summed E-state index contributed by atoms with van der Waals surface area (Å²) in [4.78, 5) is 12.1. The first-order valence-electron chi connectivity index (χ1n) is 5.72. The van der Waals surface area contributed by atoms with Crippen molar-refractivity contribution in [2.45, 2.75) is 39.3 Å². The molecule has 2 rings (SSSR count). The number of hydrogen-bond acceptors (Lipinski definition) is 1. The molecule has 0 saturated heterocycles. The van der Waals surface area contributed by atoms with Crippen LogP contribution in [0.15, 0.2) is 18.7 Å². The Morgan fingerprint density at radius 1 is 1.62 bits per heavy atom. The second kappa shape index (κ2) is 4.16. The highest BCUT2D eigenvalue weighted by Gasteiger charge is 2.26. The maximum absolute atomic E-state index is 12.1. The quantitative estimate of drug-likeness (QED) is 0.772. The fourth-order valence-corrected chi connectivity index (χ4v) is 2.00. The maximum Gasteiger partial charge on any atom is 0.268 e. The van der Waals surface area contributed by atoms with Crippen LogP contribution in [0.3, 0.4) is 0 Å². The molecule has 0 radical (unpaired) electrons. The van der Waals surface area contributed by atoms with Crippen LogP contribution in [0.4, 0.5) is 0 Å². The molecule has 1 aromatic heterocycles. The van der Waals surface area contributed by atoms with Gasteiger partial charge in [-0.1, -0.05) is 6.08 Å². The molecule has 1 saturated carbocycles. The molecule has 1 aliphatic rings. The van der Waals surface area contributed by atoms with E-state index in [1.165, 1.54) is 0 Å². The second-order valence-electron chi connectivity index (χ2n) is 4.46. The summed E-state index contributed by atoms with van der Waals surface area (Å²) < 4.78 is 2.01. The van der Waals surface area contributed by atoms with Crippen molar-refractivity contribution in [2.75, 3.05) is 0 Å². The van der Waals surface area contributed by atoms with Gasteiger partial charge in [-0.2, -0.15) is 0 Å². The molecule has 0 unspecified atom stereocenters. The van der Waals surface area contributed by atoms with Crippen molar-refractivity contribution in [3.05, 3.63) is 35.7 Å². The molecule has 0 spiro atoms. The molecule has 3 heteroatoms. The highest BCUT2D eigenvalue weighted by atomic mass is 16.2. The van der Waals surface area contributed by atoms with E-state index in [-0.39, 0.29) is 5.91 Å². The van der Waals surface area contributed by atoms with Crippen molar-refractivity contribution >= 4 is 5.91 Å². The van der Waals surface area contributed by atoms with E-state index in [0.29, 0.717) is 12.6 Å². The number of allylic oxidation sites excluding steroid dienone is 1. The summed E-state index contributed by atoms with van der Waals surface area (Å²) in [5, 5.41) is 3.03. The van der Waals surface area contributed by atoms with E-state index in [9.17, 15) is 4.79 Å². The van der Waals surface area contributed by atoms with E-state index in [1.54, 1.807) is 0 Å². The Bertz CT molecular complexity index is 427. The summed E-state index contributed by atoms with van der Waals surface area (Å²) in [6.07, 6.45) is 4.05. The number of carbonyl (C=O) groups is 1. The van der Waals surface area contributed by atoms with Gasteiger partial charge in [0.05, 0.1) is 0 Å². The zero-order valence-electron chi connectivity index (χ0n) is 9.92. The largest absolute Gasteiger partial charge is 0.348 e. The summed E-state index contributed by atoms with van der Waals surface area (Å²) in [5.41, 5.74) is 2.93. The summed E-state index contributed by atoms with van der Waals surface area (Å²) in [6, 6.07) is 2.45. The lowest BCUT2D eigenvalue weighted by molar-refractivity contribution is 0.0941. The van der Waals surface area contributed by atoms with E-state index in [1.807, 2.05) is 30.6 Å². The van der Waals surface area contributed by atoms with Crippen molar-refractivity contribution in [1.29, 1.82) is 0 Å². The summed E-state index contributed by atoms with van der Waals surface area (Å²) >= 11 is 0. The molecular weight excluding hydrogens is 200 g/mol. The smallest absolute Gasteiger partial charge is 0.268 e. The van der Waals surface area contributed by atoms with Gasteiger partial charge < -0.3 is 9.88 Å². The third-order valence-electron chi connectivity index (χ3n) is 2.93. The summed E-state index contributed by atoms with van der Waals surface area (Å²) in [5.74, 6) is 0.0509. The average molecular weight is 218 g/mol. The molecule has 0 aromatic carbocycles. The fourth-order valence-electron chi connectivity index (χ4n) is 2.00. The Kier molecular flexibility index (Phi) is 2.86. The zero-order valence-corrected chi connectivity index (χ0v) is 9.92. The standard InChI is InChI=1S/C13H18N2O/c1-4-7-15-10(3)8-9(2)12(15)13(16)14-11-5-6-11/h4,8,11H,1,5-7H2,2-3H3,(H,14,16). The molecular formula is C13H18N2O. The number of aromatic nitrogens is 1. The number of amides is 1. The lowest BCUT2D eigenvalue weighted by atomic mass is 10.2. The van der Waals surface area contributed by atoms with Gasteiger partial charge in [0.15, 0.2) is 0 Å². The van der Waals surface area contributed by atoms with Gasteiger partial charge in [0.2, 0.25) is 0 Å². The van der Waals surface area contributed by atoms with Crippen molar-refractivity contribution in [2.24, 2.45) is 0 Å². The third-order valence-corrected chi connectivity index (χ3v) is 2.93. The van der Waals surface area contributed by atoms with Crippen LogP contribution < -0.4 is 5.32 Å². The second-order valence-corrected chi connectivity index (χ2v) is 4.46. The monoisotopic (exact) mass is 218 g/mol. The molecule has 86 valence electrons. The molecule has 0 bridgehead atoms. The van der Waals surface area contributed by atoms with E-state index in [0.717, 1.165) is 29.8 Å². The summed E-state index contributed by atoms with van der Waals surface area (Å²) in [7, 11) is 0. The van der Waals surface area contributed by atoms with Gasteiger partial charge >= 0.3 is 0 Å². The van der Waals surface area contributed by atoms with E-state index >= 15 is 0 Å². The molecule has 0 aliphatic heterocycles. The van der Waals surface area contributed by atoms with Gasteiger partial charge in [-0.25, -0.2) is 0 Å². The number of nitrogens with one attached hydrogen (secondary N) is 1. The molecule has 1 aromatic rings. The minimum Gasteiger partial charge on any atom is -0.348 e. The zero-order chi connectivity index (χ0) is 11.7. The van der Waals surface area contributed by atoms with Gasteiger partial charge in [-0.3, -0.25) is 4.79 Å². The molecule has 1 aliphatic carbocycles. The average Bonchev–Trinajstić information content (AvgIpc) is 2.95. The predicted molar refractivity (Wildman–Crippen MR) is 64.6 cm³/mol. The molecule has 0 atom stereocenters. The van der Waals surface area contributed by atoms with Crippen molar-refractivity contribution in [3.8, 4) is 0 Å². The SMILES string of the molecule is C=CCn1c(C)cc(C)c1C(=O)NC1CC1. The van der Waals surface area contributed by atoms with Crippen LogP contribution in [0.2, 0.25) is 0 Å². The van der Waals surface area contributed by atoms with Crippen molar-refractivity contribution in [3.63, 3.8) is 0 Å². The van der Waals surface area contributed by atoms with Gasteiger partial charge in [-0.05, 0) is 38.3 Å². The molecule has 1 N–H and O–H groups in total. The highest BCUT2D eigenvalue weighted by molar-refractivity contribution is 5.94. The Balaban J connectivity index is 2.28. The van der Waals surface area contributed by atoms with Crippen LogP contribution >= 0.6 is 0 Å². The minimum absolute atomic E-state index is 0.0509. The number of nitrogens with zero attached hydrogens (tertiary/aromatic N) is 1. The Morgan fingerprint density at radius 3 is 2.88 bits per heavy atom. The van der Waals surface area contributed by atoms with Crippen molar-refractivity contribution in [1.82, 2.24) is 9.88 Å². The molecule has 1 fully saturated rings. The highest BCUT2D eigenvalue weighted by Crippen LogP contribution is 2.21. The Morgan fingerprint density at radius 2 is 2.31 bits per heavy atom. The van der Waals surface area contributed by atoms with E-state index in [2.05, 4.69) is 11.9 Å². The van der Waals surface area contributed by atoms with Crippen LogP contribution in [0, 0.1) is 13.8 Å². The Hall–Kier alpha value is -1.51. The first-order valence-corrected chi connectivity index (χ1v) is 5.72. The van der Waals surface area contributed by atoms with Gasteiger partial charge in [0, 0.05) is 18.3 Å². The van der Waals surface area contributed by atoms with Crippen LogP contribution in [0.25, 0.3) is 0 Å². The van der Waals surface area contributed by atoms with Crippen LogP contribution in [0.1, 0.15) is 34.6 Å². The normalized spacial score (nSPS) is 14.9. The van der Waals surface area contributed by atoms with Crippen molar-refractivity contribution < 1.29 is 4.79 Å². The number of rotatable bonds is 4. The van der Waals surface area contributed by atoms with Crippen LogP contribution in [-0.2, 0) is 6.54 Å². The van der Waals surface area contributed by atoms with E-state index < -0.39 is 0 Å².